The summed E-state index contributed by atoms with van der Waals surface area (Å²) >= 11 is 5.82. The molecule has 1 fully saturated rings. The zero-order valence-corrected chi connectivity index (χ0v) is 11.8. The summed E-state index contributed by atoms with van der Waals surface area (Å²) in [6, 6.07) is 7.80. The molecule has 2 nitrogen and oxygen atoms in total. The average molecular weight is 278 g/mol. The number of halogens is 1. The van der Waals surface area contributed by atoms with E-state index in [9.17, 15) is 4.79 Å². The Labute approximate surface area is 119 Å². The van der Waals surface area contributed by atoms with Gasteiger partial charge in [-0.25, -0.2) is 0 Å². The Hall–Kier alpha value is -1.28. The topological polar surface area (TPSA) is 29.1 Å². The van der Waals surface area contributed by atoms with Gasteiger partial charge in [0.15, 0.2) is 0 Å². The fraction of sp³-hybridized carbons (Fsp3) is 0.438. The van der Waals surface area contributed by atoms with Gasteiger partial charge in [0.2, 0.25) is 5.91 Å². The third-order valence-corrected chi connectivity index (χ3v) is 3.75. The van der Waals surface area contributed by atoms with Crippen molar-refractivity contribution in [3.05, 3.63) is 40.9 Å². The van der Waals surface area contributed by atoms with E-state index >= 15 is 0 Å². The Morgan fingerprint density at radius 2 is 1.74 bits per heavy atom. The Bertz CT molecular complexity index is 431. The summed E-state index contributed by atoms with van der Waals surface area (Å²) in [5, 5.41) is 3.80. The van der Waals surface area contributed by atoms with Crippen LogP contribution in [0.5, 0.6) is 0 Å². The lowest BCUT2D eigenvalue weighted by atomic mass is 10.1. The highest BCUT2D eigenvalue weighted by Crippen LogP contribution is 2.17. The molecule has 3 heteroatoms. The molecule has 0 bridgehead atoms. The number of rotatable bonds is 3. The number of nitrogens with one attached hydrogen (secondary N) is 1. The Kier molecular flexibility index (Phi) is 5.46. The highest BCUT2D eigenvalue weighted by molar-refractivity contribution is 6.30. The number of carbonyl (C=O) groups is 1. The molecule has 0 heterocycles. The third kappa shape index (κ3) is 5.07. The summed E-state index contributed by atoms with van der Waals surface area (Å²) in [7, 11) is 0. The van der Waals surface area contributed by atoms with Gasteiger partial charge in [-0.05, 0) is 36.6 Å². The summed E-state index contributed by atoms with van der Waals surface area (Å²) in [5.74, 6) is 0.00171. The van der Waals surface area contributed by atoms with Crippen LogP contribution in [0.15, 0.2) is 30.3 Å². The van der Waals surface area contributed by atoms with E-state index in [0.717, 1.165) is 18.4 Å². The molecule has 0 atom stereocenters. The first-order chi connectivity index (χ1) is 9.24. The minimum atomic E-state index is 0.00171. The van der Waals surface area contributed by atoms with E-state index in [1.165, 1.54) is 25.7 Å². The van der Waals surface area contributed by atoms with Gasteiger partial charge in [-0.3, -0.25) is 4.79 Å². The molecule has 1 aromatic rings. The Morgan fingerprint density at radius 3 is 2.37 bits per heavy atom. The van der Waals surface area contributed by atoms with Crippen LogP contribution in [0.1, 0.15) is 44.1 Å². The van der Waals surface area contributed by atoms with Crippen molar-refractivity contribution in [1.82, 2.24) is 5.32 Å². The second-order valence-corrected chi connectivity index (χ2v) is 5.52. The van der Waals surface area contributed by atoms with Crippen LogP contribution in [0.4, 0.5) is 0 Å². The number of benzene rings is 1. The van der Waals surface area contributed by atoms with Crippen molar-refractivity contribution >= 4 is 23.6 Å². The Morgan fingerprint density at radius 1 is 1.11 bits per heavy atom. The molecule has 1 aliphatic rings. The van der Waals surface area contributed by atoms with Crippen LogP contribution >= 0.6 is 11.6 Å². The molecule has 19 heavy (non-hydrogen) atoms. The van der Waals surface area contributed by atoms with Crippen LogP contribution in [-0.2, 0) is 4.79 Å². The average Bonchev–Trinajstić information content (AvgIpc) is 2.67. The first kappa shape index (κ1) is 14.1. The summed E-state index contributed by atoms with van der Waals surface area (Å²) in [5.41, 5.74) is 0.986. The first-order valence-corrected chi connectivity index (χ1v) is 7.36. The molecule has 0 aliphatic heterocycles. The molecular formula is C16H20ClNO. The molecule has 1 saturated carbocycles. The van der Waals surface area contributed by atoms with Gasteiger partial charge in [0.25, 0.3) is 0 Å². The predicted molar refractivity (Wildman–Crippen MR) is 80.1 cm³/mol. The lowest BCUT2D eigenvalue weighted by molar-refractivity contribution is -0.117. The molecule has 1 aliphatic carbocycles. The van der Waals surface area contributed by atoms with Crippen molar-refractivity contribution < 1.29 is 4.79 Å². The lowest BCUT2D eigenvalue weighted by Gasteiger charge is -2.14. The van der Waals surface area contributed by atoms with Crippen molar-refractivity contribution in [1.29, 1.82) is 0 Å². The SMILES string of the molecule is O=C(C=Cc1ccc(Cl)cc1)NC1CCCCCC1. The highest BCUT2D eigenvalue weighted by atomic mass is 35.5. The zero-order valence-electron chi connectivity index (χ0n) is 11.1. The molecule has 0 aromatic heterocycles. The molecule has 1 N–H and O–H groups in total. The molecule has 0 radical (unpaired) electrons. The van der Waals surface area contributed by atoms with Crippen molar-refractivity contribution in [2.75, 3.05) is 0 Å². The van der Waals surface area contributed by atoms with Crippen molar-refractivity contribution in [3.8, 4) is 0 Å². The molecular weight excluding hydrogens is 258 g/mol. The minimum absolute atomic E-state index is 0.00171. The summed E-state index contributed by atoms with van der Waals surface area (Å²) < 4.78 is 0. The van der Waals surface area contributed by atoms with Gasteiger partial charge in [0, 0.05) is 17.1 Å². The maximum absolute atomic E-state index is 11.8. The van der Waals surface area contributed by atoms with Gasteiger partial charge in [0.05, 0.1) is 0 Å². The largest absolute Gasteiger partial charge is 0.350 e. The van der Waals surface area contributed by atoms with Crippen LogP contribution in [0.2, 0.25) is 5.02 Å². The van der Waals surface area contributed by atoms with Gasteiger partial charge in [-0.2, -0.15) is 0 Å². The zero-order chi connectivity index (χ0) is 13.5. The van der Waals surface area contributed by atoms with Crippen molar-refractivity contribution in [3.63, 3.8) is 0 Å². The number of hydrogen-bond acceptors (Lipinski definition) is 1. The maximum atomic E-state index is 11.8. The van der Waals surface area contributed by atoms with Crippen LogP contribution in [0.25, 0.3) is 6.08 Å². The maximum Gasteiger partial charge on any atom is 0.244 e. The quantitative estimate of drug-likeness (QED) is 0.651. The highest BCUT2D eigenvalue weighted by Gasteiger charge is 2.12. The monoisotopic (exact) mass is 277 g/mol. The van der Waals surface area contributed by atoms with E-state index in [2.05, 4.69) is 5.32 Å². The summed E-state index contributed by atoms with van der Waals surface area (Å²) in [6.45, 7) is 0. The fourth-order valence-electron chi connectivity index (χ4n) is 2.42. The number of carbonyl (C=O) groups excluding carboxylic acids is 1. The molecule has 1 aromatic carbocycles. The fourth-order valence-corrected chi connectivity index (χ4v) is 2.54. The minimum Gasteiger partial charge on any atom is -0.350 e. The molecule has 0 saturated heterocycles. The van der Waals surface area contributed by atoms with Gasteiger partial charge in [-0.15, -0.1) is 0 Å². The smallest absolute Gasteiger partial charge is 0.244 e. The summed E-state index contributed by atoms with van der Waals surface area (Å²) in [4.78, 5) is 11.8. The van der Waals surface area contributed by atoms with E-state index in [1.807, 2.05) is 30.3 Å². The van der Waals surface area contributed by atoms with Crippen LogP contribution < -0.4 is 5.32 Å². The Balaban J connectivity index is 1.84. The predicted octanol–water partition coefficient (Wildman–Crippen LogP) is 4.19. The third-order valence-electron chi connectivity index (χ3n) is 3.50. The summed E-state index contributed by atoms with van der Waals surface area (Å²) in [6.07, 6.45) is 10.7. The van der Waals surface area contributed by atoms with Crippen LogP contribution in [0.3, 0.4) is 0 Å². The van der Waals surface area contributed by atoms with Crippen molar-refractivity contribution in [2.24, 2.45) is 0 Å². The van der Waals surface area contributed by atoms with Gasteiger partial charge in [0.1, 0.15) is 0 Å². The second-order valence-electron chi connectivity index (χ2n) is 5.08. The molecule has 2 rings (SSSR count). The molecule has 0 spiro atoms. The number of hydrogen-bond donors (Lipinski definition) is 1. The van der Waals surface area contributed by atoms with E-state index in [1.54, 1.807) is 6.08 Å². The van der Waals surface area contributed by atoms with Gasteiger partial charge < -0.3 is 5.32 Å². The first-order valence-electron chi connectivity index (χ1n) is 6.98. The standard InChI is InChI=1S/C16H20ClNO/c17-14-10-7-13(8-11-14)9-12-16(19)18-15-5-3-1-2-4-6-15/h7-12,15H,1-6H2,(H,18,19). The molecule has 1 amide bonds. The van der Waals surface area contributed by atoms with Crippen LogP contribution in [-0.4, -0.2) is 11.9 Å². The van der Waals surface area contributed by atoms with E-state index in [0.29, 0.717) is 11.1 Å². The molecule has 0 unspecified atom stereocenters. The normalized spacial score (nSPS) is 17.3. The van der Waals surface area contributed by atoms with Crippen molar-refractivity contribution in [2.45, 2.75) is 44.6 Å². The van der Waals surface area contributed by atoms with Gasteiger partial charge >= 0.3 is 0 Å². The van der Waals surface area contributed by atoms with E-state index in [-0.39, 0.29) is 5.91 Å². The van der Waals surface area contributed by atoms with Gasteiger partial charge in [-0.1, -0.05) is 49.4 Å². The van der Waals surface area contributed by atoms with Crippen LogP contribution in [0, 0.1) is 0 Å². The van der Waals surface area contributed by atoms with E-state index < -0.39 is 0 Å². The van der Waals surface area contributed by atoms with E-state index in [4.69, 9.17) is 11.6 Å². The lowest BCUT2D eigenvalue weighted by Crippen LogP contribution is -2.33. The molecule has 102 valence electrons. The number of amides is 1. The second kappa shape index (κ2) is 7.34.